The van der Waals surface area contributed by atoms with Gasteiger partial charge in [-0.05, 0) is 43.2 Å². The van der Waals surface area contributed by atoms with Crippen LogP contribution in [0.2, 0.25) is 0 Å². The lowest BCUT2D eigenvalue weighted by Crippen LogP contribution is -2.41. The fourth-order valence-corrected chi connectivity index (χ4v) is 4.56. The molecule has 2 aromatic rings. The fourth-order valence-electron chi connectivity index (χ4n) is 4.56. The summed E-state index contributed by atoms with van der Waals surface area (Å²) in [5, 5.41) is 10.9. The van der Waals surface area contributed by atoms with Crippen molar-refractivity contribution in [2.45, 2.75) is 31.8 Å². The van der Waals surface area contributed by atoms with Gasteiger partial charge >= 0.3 is 0 Å². The molecule has 0 amide bonds. The van der Waals surface area contributed by atoms with Gasteiger partial charge in [0.2, 0.25) is 0 Å². The standard InChI is InChI=1S/C16H21N3O/c17-10-16(8-11-4-5-12(16)7-11)15(20)13-9-19-6-2-1-3-14(19)18-13/h1-3,6,9,11-12,15,20H,4-5,7-8,10,17H2. The maximum atomic E-state index is 10.9. The zero-order valence-electron chi connectivity index (χ0n) is 11.6. The molecular weight excluding hydrogens is 250 g/mol. The van der Waals surface area contributed by atoms with Crippen LogP contribution >= 0.6 is 0 Å². The third kappa shape index (κ3) is 1.58. The molecule has 2 heterocycles. The van der Waals surface area contributed by atoms with Crippen LogP contribution in [0.5, 0.6) is 0 Å². The van der Waals surface area contributed by atoms with Gasteiger partial charge in [-0.3, -0.25) is 0 Å². The molecule has 4 nitrogen and oxygen atoms in total. The maximum Gasteiger partial charge on any atom is 0.137 e. The number of nitrogens with zero attached hydrogens (tertiary/aromatic N) is 2. The van der Waals surface area contributed by atoms with E-state index >= 15 is 0 Å². The van der Waals surface area contributed by atoms with E-state index in [4.69, 9.17) is 5.73 Å². The Bertz CT molecular complexity index is 604. The molecule has 2 aliphatic rings. The number of aliphatic hydroxyl groups is 1. The largest absolute Gasteiger partial charge is 0.386 e. The van der Waals surface area contributed by atoms with Crippen LogP contribution in [0, 0.1) is 17.3 Å². The Kier molecular flexibility index (Phi) is 2.66. The topological polar surface area (TPSA) is 63.5 Å². The molecule has 0 radical (unpaired) electrons. The van der Waals surface area contributed by atoms with Crippen molar-refractivity contribution in [3.8, 4) is 0 Å². The number of aromatic nitrogens is 2. The molecule has 2 fully saturated rings. The summed E-state index contributed by atoms with van der Waals surface area (Å²) < 4.78 is 1.97. The number of rotatable bonds is 3. The Morgan fingerprint density at radius 2 is 2.35 bits per heavy atom. The normalized spacial score (nSPS) is 33.9. The number of hydrogen-bond donors (Lipinski definition) is 2. The molecule has 2 aliphatic carbocycles. The first kappa shape index (κ1) is 12.4. The van der Waals surface area contributed by atoms with E-state index in [0.29, 0.717) is 12.5 Å². The highest BCUT2D eigenvalue weighted by Gasteiger charge is 2.54. The van der Waals surface area contributed by atoms with Crippen LogP contribution in [0.4, 0.5) is 0 Å². The first-order valence-electron chi connectivity index (χ1n) is 7.55. The number of nitrogens with two attached hydrogens (primary N) is 1. The van der Waals surface area contributed by atoms with Gasteiger partial charge in [0.25, 0.3) is 0 Å². The van der Waals surface area contributed by atoms with Gasteiger partial charge in [0, 0.05) is 24.4 Å². The number of pyridine rings is 1. The second kappa shape index (κ2) is 4.30. The predicted octanol–water partition coefficient (Wildman–Crippen LogP) is 2.13. The van der Waals surface area contributed by atoms with Gasteiger partial charge in [0.1, 0.15) is 11.8 Å². The lowest BCUT2D eigenvalue weighted by Gasteiger charge is -2.40. The predicted molar refractivity (Wildman–Crippen MR) is 77.1 cm³/mol. The molecular formula is C16H21N3O. The van der Waals surface area contributed by atoms with Gasteiger partial charge in [0.05, 0.1) is 5.69 Å². The molecule has 106 valence electrons. The van der Waals surface area contributed by atoms with E-state index in [1.165, 1.54) is 19.3 Å². The molecule has 2 aromatic heterocycles. The van der Waals surface area contributed by atoms with E-state index in [1.54, 1.807) is 0 Å². The number of hydrogen-bond acceptors (Lipinski definition) is 3. The van der Waals surface area contributed by atoms with Crippen molar-refractivity contribution in [1.29, 1.82) is 0 Å². The van der Waals surface area contributed by atoms with Crippen LogP contribution in [0.15, 0.2) is 30.6 Å². The second-order valence-corrected chi connectivity index (χ2v) is 6.55. The van der Waals surface area contributed by atoms with E-state index in [9.17, 15) is 5.11 Å². The summed E-state index contributed by atoms with van der Waals surface area (Å²) in [4.78, 5) is 4.59. The maximum absolute atomic E-state index is 10.9. The Hall–Kier alpha value is -1.39. The third-order valence-corrected chi connectivity index (χ3v) is 5.61. The van der Waals surface area contributed by atoms with E-state index in [0.717, 1.165) is 23.7 Å². The quantitative estimate of drug-likeness (QED) is 0.899. The molecule has 3 N–H and O–H groups in total. The molecule has 0 aromatic carbocycles. The SMILES string of the molecule is NCC1(C(O)c2cn3ccccc3n2)CC2CCC1C2. The molecule has 0 spiro atoms. The van der Waals surface area contributed by atoms with Crippen molar-refractivity contribution in [1.82, 2.24) is 9.38 Å². The number of aliphatic hydroxyl groups excluding tert-OH is 1. The Labute approximate surface area is 118 Å². The lowest BCUT2D eigenvalue weighted by molar-refractivity contribution is -0.0154. The van der Waals surface area contributed by atoms with Gasteiger partial charge in [0.15, 0.2) is 0 Å². The van der Waals surface area contributed by atoms with E-state index in [2.05, 4.69) is 4.98 Å². The highest BCUT2D eigenvalue weighted by Crippen LogP contribution is 2.60. The van der Waals surface area contributed by atoms with Crippen LogP contribution < -0.4 is 5.73 Å². The minimum Gasteiger partial charge on any atom is -0.386 e. The van der Waals surface area contributed by atoms with Crippen LogP contribution in [0.3, 0.4) is 0 Å². The molecule has 4 atom stereocenters. The average molecular weight is 271 g/mol. The van der Waals surface area contributed by atoms with E-state index in [-0.39, 0.29) is 5.41 Å². The van der Waals surface area contributed by atoms with Gasteiger partial charge in [-0.1, -0.05) is 12.5 Å². The first-order valence-corrected chi connectivity index (χ1v) is 7.55. The third-order valence-electron chi connectivity index (χ3n) is 5.61. The zero-order valence-corrected chi connectivity index (χ0v) is 11.6. The Morgan fingerprint density at radius 1 is 1.45 bits per heavy atom. The molecule has 4 rings (SSSR count). The summed E-state index contributed by atoms with van der Waals surface area (Å²) in [5.41, 5.74) is 7.60. The molecule has 0 aliphatic heterocycles. The summed E-state index contributed by atoms with van der Waals surface area (Å²) in [6.07, 6.45) is 8.20. The lowest BCUT2D eigenvalue weighted by atomic mass is 9.68. The molecule has 4 heteroatoms. The molecule has 2 bridgehead atoms. The van der Waals surface area contributed by atoms with Crippen LogP contribution in [0.1, 0.15) is 37.5 Å². The van der Waals surface area contributed by atoms with Gasteiger partial charge in [-0.15, -0.1) is 0 Å². The van der Waals surface area contributed by atoms with Crippen molar-refractivity contribution in [2.75, 3.05) is 6.54 Å². The highest BCUT2D eigenvalue weighted by molar-refractivity contribution is 5.40. The number of imidazole rings is 1. The van der Waals surface area contributed by atoms with Crippen molar-refractivity contribution < 1.29 is 5.11 Å². The Morgan fingerprint density at radius 3 is 3.00 bits per heavy atom. The van der Waals surface area contributed by atoms with Crippen molar-refractivity contribution in [2.24, 2.45) is 23.0 Å². The van der Waals surface area contributed by atoms with Gasteiger partial charge < -0.3 is 15.2 Å². The highest BCUT2D eigenvalue weighted by atomic mass is 16.3. The van der Waals surface area contributed by atoms with Gasteiger partial charge in [-0.25, -0.2) is 4.98 Å². The Balaban J connectivity index is 1.73. The zero-order chi connectivity index (χ0) is 13.7. The summed E-state index contributed by atoms with van der Waals surface area (Å²) >= 11 is 0. The minimum absolute atomic E-state index is 0.152. The van der Waals surface area contributed by atoms with Crippen molar-refractivity contribution in [3.63, 3.8) is 0 Å². The molecule has 20 heavy (non-hydrogen) atoms. The fraction of sp³-hybridized carbons (Fsp3) is 0.562. The van der Waals surface area contributed by atoms with Crippen LogP contribution in [-0.4, -0.2) is 21.0 Å². The minimum atomic E-state index is -0.539. The van der Waals surface area contributed by atoms with Gasteiger partial charge in [-0.2, -0.15) is 0 Å². The summed E-state index contributed by atoms with van der Waals surface area (Å²) in [6.45, 7) is 0.559. The summed E-state index contributed by atoms with van der Waals surface area (Å²) in [7, 11) is 0. The molecule has 4 unspecified atom stereocenters. The second-order valence-electron chi connectivity index (χ2n) is 6.55. The molecule has 2 saturated carbocycles. The van der Waals surface area contributed by atoms with E-state index in [1.807, 2.05) is 35.0 Å². The summed E-state index contributed by atoms with van der Waals surface area (Å²) in [5.74, 6) is 1.33. The monoisotopic (exact) mass is 271 g/mol. The summed E-state index contributed by atoms with van der Waals surface area (Å²) in [6, 6.07) is 5.90. The van der Waals surface area contributed by atoms with Crippen molar-refractivity contribution in [3.05, 3.63) is 36.3 Å². The van der Waals surface area contributed by atoms with E-state index < -0.39 is 6.10 Å². The van der Waals surface area contributed by atoms with Crippen molar-refractivity contribution >= 4 is 5.65 Å². The average Bonchev–Trinajstić information content (AvgIpc) is 3.19. The van der Waals surface area contributed by atoms with Crippen LogP contribution in [-0.2, 0) is 0 Å². The number of fused-ring (bicyclic) bond motifs is 3. The smallest absolute Gasteiger partial charge is 0.137 e. The van der Waals surface area contributed by atoms with Crippen LogP contribution in [0.25, 0.3) is 5.65 Å². The first-order chi connectivity index (χ1) is 9.73. The molecule has 0 saturated heterocycles.